The van der Waals surface area contributed by atoms with E-state index in [-0.39, 0.29) is 23.5 Å². The van der Waals surface area contributed by atoms with Crippen molar-refractivity contribution < 1.29 is 31.0 Å². The molecule has 13 rings (SSSR count). The van der Waals surface area contributed by atoms with E-state index in [1.165, 1.54) is 0 Å². The molecule has 11 heterocycles. The van der Waals surface area contributed by atoms with E-state index in [9.17, 15) is 0 Å². The molecule has 0 unspecified atom stereocenters. The Labute approximate surface area is 463 Å². The van der Waals surface area contributed by atoms with Crippen molar-refractivity contribution in [2.24, 2.45) is 0 Å². The molecule has 20 heteroatoms. The zero-order chi connectivity index (χ0) is 55.2. The molecule has 3 aliphatic heterocycles. The lowest BCUT2D eigenvalue weighted by Gasteiger charge is -2.32. The molecule has 0 amide bonds. The lowest BCUT2D eigenvalue weighted by molar-refractivity contribution is 0.00578. The van der Waals surface area contributed by atoms with Gasteiger partial charge < -0.3 is 28.3 Å². The molecule has 0 saturated carbocycles. The van der Waals surface area contributed by atoms with Crippen LogP contribution in [0.1, 0.15) is 30.4 Å². The van der Waals surface area contributed by atoms with Crippen LogP contribution in [-0.2, 0) is 18.8 Å². The van der Waals surface area contributed by atoms with Crippen molar-refractivity contribution in [3.05, 3.63) is 151 Å². The Balaban J connectivity index is 0.000000132. The van der Waals surface area contributed by atoms with Crippen LogP contribution < -0.4 is 14.9 Å². The van der Waals surface area contributed by atoms with Crippen molar-refractivity contribution in [3.63, 3.8) is 0 Å². The summed E-state index contributed by atoms with van der Waals surface area (Å²) in [5, 5.41) is 10.7. The number of nitrogens with zero attached hydrogens (tertiary/aromatic N) is 12. The Kier molecular flexibility index (Phi) is 15.3. The third kappa shape index (κ3) is 12.0. The van der Waals surface area contributed by atoms with E-state index in [2.05, 4.69) is 60.8 Å². The van der Waals surface area contributed by atoms with Crippen molar-refractivity contribution in [2.75, 3.05) is 78.9 Å². The van der Waals surface area contributed by atoms with E-state index in [4.69, 9.17) is 36.0 Å². The first kappa shape index (κ1) is 50.2. The van der Waals surface area contributed by atoms with Gasteiger partial charge in [0.1, 0.15) is 24.7 Å². The summed E-state index contributed by atoms with van der Waals surface area (Å²) in [6.45, 7) is 18.3. The second kappa shape index (κ2) is 23.7. The van der Waals surface area contributed by atoms with E-state index in [1.807, 2.05) is 125 Å². The minimum Gasteiger partial charge on any atom is -0.491 e. The molecular weight excluding hydrogens is 1050 g/mol. The number of rotatable bonds is 12. The Morgan fingerprint density at radius 2 is 1.08 bits per heavy atom. The number of aromatic nitrogens is 10. The summed E-state index contributed by atoms with van der Waals surface area (Å²) >= 11 is 3.42. The number of morpholine rings is 2. The SMILES string of the molecule is Brc1cnn2cc(-c3ccc(OCCN4CCOCC4)cn3)cnc12.[2H]c1ccc2c(-c3cnn4cc(-c5ccc(OCCN6CCOCC6)cn5)cnc34)cccc2n1.[2H]c1ccc2c(B3OC(C)(C)C(C)(C)O3)cccc2n1. The molecule has 0 bridgehead atoms. The fourth-order valence-corrected chi connectivity index (χ4v) is 9.60. The minimum absolute atomic E-state index is 0.248. The van der Waals surface area contributed by atoms with Gasteiger partial charge in [0.25, 0.3) is 0 Å². The molecule has 2 aromatic carbocycles. The van der Waals surface area contributed by atoms with Crippen molar-refractivity contribution in [2.45, 2.75) is 38.9 Å². The predicted octanol–water partition coefficient (Wildman–Crippen LogP) is 8.52. The predicted molar refractivity (Wildman–Crippen MR) is 304 cm³/mol. The molecule has 0 spiro atoms. The molecule has 3 saturated heterocycles. The number of pyridine rings is 4. The number of ether oxygens (including phenoxy) is 4. The number of hydrogen-bond donors (Lipinski definition) is 0. The molecule has 0 radical (unpaired) electrons. The van der Waals surface area contributed by atoms with E-state index >= 15 is 0 Å². The molecule has 78 heavy (non-hydrogen) atoms. The summed E-state index contributed by atoms with van der Waals surface area (Å²) in [5.41, 5.74) is 8.67. The lowest BCUT2D eigenvalue weighted by Crippen LogP contribution is -2.41. The number of fused-ring (bicyclic) bond motifs is 4. The number of halogens is 1. The highest BCUT2D eigenvalue weighted by Crippen LogP contribution is 2.37. The standard InChI is InChI=1S/C26H24N6O2.C17H18BrN5O2.C15H18BNO2/c1-3-21(22-4-2-8-27-25(22)5-1)23-17-30-32-18-19(15-29-26(23)32)24-7-6-20(16-28-24)34-14-11-31-9-12-33-13-10-31;18-15-11-21-23-12-13(9-20-17(15)23)16-2-1-14(10-19-16)25-8-5-22-3-6-24-7-4-22;1-14(2)15(3,4)19-16(18-14)12-8-5-9-13-11(12)7-6-10-17-13/h1-8,15-18H,9-14H2;1-2,9-12H,3-8H2;5-10H,1-4H3/i8D;;10D. The van der Waals surface area contributed by atoms with Gasteiger partial charge in [-0.05, 0) is 109 Å². The second-order valence-electron chi connectivity index (χ2n) is 19.9. The first-order valence-corrected chi connectivity index (χ1v) is 26.8. The van der Waals surface area contributed by atoms with Crippen molar-refractivity contribution in [1.29, 1.82) is 0 Å². The molecule has 0 aliphatic carbocycles. The third-order valence-corrected chi connectivity index (χ3v) is 14.9. The first-order chi connectivity index (χ1) is 38.8. The van der Waals surface area contributed by atoms with Crippen LogP contribution in [0.2, 0.25) is 0 Å². The van der Waals surface area contributed by atoms with Crippen LogP contribution in [-0.4, -0.2) is 156 Å². The maximum absolute atomic E-state index is 7.79. The van der Waals surface area contributed by atoms with Gasteiger partial charge in [0.2, 0.25) is 0 Å². The van der Waals surface area contributed by atoms with Crippen LogP contribution in [0.25, 0.3) is 66.7 Å². The van der Waals surface area contributed by atoms with E-state index in [0.717, 1.165) is 154 Å². The van der Waals surface area contributed by atoms with Crippen LogP contribution in [0.3, 0.4) is 0 Å². The molecule has 3 fully saturated rings. The average molecular weight is 1110 g/mol. The first-order valence-electron chi connectivity index (χ1n) is 27.0. The van der Waals surface area contributed by atoms with Gasteiger partial charge >= 0.3 is 7.12 Å². The topological polar surface area (TPSA) is 174 Å². The summed E-state index contributed by atoms with van der Waals surface area (Å²) in [5.74, 6) is 1.52. The number of benzene rings is 2. The Morgan fingerprint density at radius 1 is 0.551 bits per heavy atom. The van der Waals surface area contributed by atoms with Crippen molar-refractivity contribution in [1.82, 2.24) is 58.9 Å². The van der Waals surface area contributed by atoms with Crippen LogP contribution in [0, 0.1) is 0 Å². The van der Waals surface area contributed by atoms with Gasteiger partial charge in [0.05, 0.1) is 92.1 Å². The molecule has 398 valence electrons. The molecule has 8 aromatic heterocycles. The van der Waals surface area contributed by atoms with Gasteiger partial charge in [-0.15, -0.1) is 0 Å². The van der Waals surface area contributed by atoms with Crippen LogP contribution in [0.15, 0.2) is 151 Å². The summed E-state index contributed by atoms with van der Waals surface area (Å²) in [6, 6.07) is 26.7. The molecule has 0 atom stereocenters. The fraction of sp³-hybridized carbons (Fsp3) is 0.310. The molecular formula is C58H60BBrN12O6. The molecule has 18 nitrogen and oxygen atoms in total. The van der Waals surface area contributed by atoms with E-state index in [1.54, 1.807) is 46.0 Å². The van der Waals surface area contributed by atoms with Gasteiger partial charge in [-0.25, -0.2) is 19.0 Å². The molecule has 10 aromatic rings. The van der Waals surface area contributed by atoms with E-state index < -0.39 is 7.12 Å². The van der Waals surface area contributed by atoms with Gasteiger partial charge in [0, 0.05) is 98.5 Å². The quantitative estimate of drug-likeness (QED) is 0.106. The van der Waals surface area contributed by atoms with Gasteiger partial charge in [-0.2, -0.15) is 10.2 Å². The summed E-state index contributed by atoms with van der Waals surface area (Å²) in [7, 11) is -0.401. The molecule has 3 aliphatic rings. The van der Waals surface area contributed by atoms with Crippen LogP contribution in [0.5, 0.6) is 11.5 Å². The zero-order valence-corrected chi connectivity index (χ0v) is 45.5. The fourth-order valence-electron chi connectivity index (χ4n) is 9.22. The summed E-state index contributed by atoms with van der Waals surface area (Å²) in [6.07, 6.45) is 15.0. The van der Waals surface area contributed by atoms with Crippen LogP contribution in [0.4, 0.5) is 0 Å². The van der Waals surface area contributed by atoms with Crippen LogP contribution >= 0.6 is 15.9 Å². The Morgan fingerprint density at radius 3 is 1.65 bits per heavy atom. The minimum atomic E-state index is -0.401. The maximum atomic E-state index is 7.79. The lowest BCUT2D eigenvalue weighted by atomic mass is 9.77. The zero-order valence-electron chi connectivity index (χ0n) is 46.0. The van der Waals surface area contributed by atoms with Gasteiger partial charge in [-0.1, -0.05) is 36.4 Å². The third-order valence-electron chi connectivity index (χ3n) is 14.3. The normalized spacial score (nSPS) is 16.8. The van der Waals surface area contributed by atoms with Crippen molar-refractivity contribution >= 4 is 61.6 Å². The average Bonchev–Trinajstić information content (AvgIpc) is 4.17. The number of hydrogen-bond acceptors (Lipinski definition) is 16. The highest BCUT2D eigenvalue weighted by atomic mass is 79.9. The monoisotopic (exact) mass is 1110 g/mol. The Bertz CT molecular complexity index is 3730. The van der Waals surface area contributed by atoms with E-state index in [0.29, 0.717) is 13.2 Å². The largest absolute Gasteiger partial charge is 0.495 e. The smallest absolute Gasteiger partial charge is 0.491 e. The molecule has 0 N–H and O–H groups in total. The van der Waals surface area contributed by atoms with Gasteiger partial charge in [-0.3, -0.25) is 29.7 Å². The Hall–Kier alpha value is -7.30. The summed E-state index contributed by atoms with van der Waals surface area (Å²) < 4.78 is 54.3. The highest BCUT2D eigenvalue weighted by Gasteiger charge is 2.52. The highest BCUT2D eigenvalue weighted by molar-refractivity contribution is 9.10. The second-order valence-corrected chi connectivity index (χ2v) is 20.7. The maximum Gasteiger partial charge on any atom is 0.495 e. The summed E-state index contributed by atoms with van der Waals surface area (Å²) in [4.78, 5) is 31.4. The van der Waals surface area contributed by atoms with Gasteiger partial charge in [0.15, 0.2) is 11.3 Å². The van der Waals surface area contributed by atoms with Crippen molar-refractivity contribution in [3.8, 4) is 45.1 Å².